The van der Waals surface area contributed by atoms with E-state index >= 15 is 0 Å². The molecule has 3 rings (SSSR count). The van der Waals surface area contributed by atoms with E-state index in [1.54, 1.807) is 7.05 Å². The van der Waals surface area contributed by atoms with Crippen molar-refractivity contribution in [3.05, 3.63) is 95.6 Å². The number of aliphatic hydroxyl groups is 10. The van der Waals surface area contributed by atoms with Crippen molar-refractivity contribution in [3.8, 4) is 11.1 Å². The van der Waals surface area contributed by atoms with Crippen LogP contribution in [-0.4, -0.2) is 175 Å². The SMILES string of the molecule is CN(CCN(C[C@H](O)[C@@H](O)[C@H](O)[C@H](O)CO)C[C@H](O)[C@@H](O)[C@H](O)[C@H](O)CO)C(=O)CCc1ccc(-c2ccc(CCCCNC(=O)OCc3ccccc3)cc2)cc1. The first-order chi connectivity index (χ1) is 27.7. The maximum absolute atomic E-state index is 13.1. The highest BCUT2D eigenvalue weighted by molar-refractivity contribution is 5.76. The van der Waals surface area contributed by atoms with Gasteiger partial charge in [0.05, 0.1) is 25.4 Å². The average molecular weight is 816 g/mol. The van der Waals surface area contributed by atoms with Gasteiger partial charge < -0.3 is 66.0 Å². The van der Waals surface area contributed by atoms with E-state index in [1.807, 2.05) is 54.6 Å². The summed E-state index contributed by atoms with van der Waals surface area (Å²) in [7, 11) is 1.56. The first-order valence-electron chi connectivity index (χ1n) is 19.5. The highest BCUT2D eigenvalue weighted by Crippen LogP contribution is 2.22. The third-order valence-corrected chi connectivity index (χ3v) is 9.96. The maximum atomic E-state index is 13.1. The van der Waals surface area contributed by atoms with E-state index in [0.29, 0.717) is 13.0 Å². The number of hydrogen-bond acceptors (Lipinski definition) is 14. The van der Waals surface area contributed by atoms with Crippen LogP contribution >= 0.6 is 0 Å². The fourth-order valence-electron chi connectivity index (χ4n) is 6.13. The second-order valence-electron chi connectivity index (χ2n) is 14.5. The van der Waals surface area contributed by atoms with Crippen molar-refractivity contribution in [1.82, 2.24) is 15.1 Å². The molecule has 58 heavy (non-hydrogen) atoms. The van der Waals surface area contributed by atoms with Gasteiger partial charge in [0, 0.05) is 46.2 Å². The predicted molar refractivity (Wildman–Crippen MR) is 214 cm³/mol. The van der Waals surface area contributed by atoms with Crippen molar-refractivity contribution in [2.24, 2.45) is 0 Å². The first kappa shape index (κ1) is 48.3. The Morgan fingerprint density at radius 2 is 1.09 bits per heavy atom. The van der Waals surface area contributed by atoms with Crippen LogP contribution in [0.15, 0.2) is 78.9 Å². The van der Waals surface area contributed by atoms with E-state index < -0.39 is 81.2 Å². The zero-order chi connectivity index (χ0) is 42.6. The molecule has 0 aliphatic rings. The van der Waals surface area contributed by atoms with Gasteiger partial charge >= 0.3 is 6.09 Å². The Morgan fingerprint density at radius 3 is 1.59 bits per heavy atom. The molecule has 0 heterocycles. The Hall–Kier alpha value is -4.04. The van der Waals surface area contributed by atoms with Gasteiger partial charge in [-0.1, -0.05) is 78.9 Å². The zero-order valence-electron chi connectivity index (χ0n) is 32.9. The minimum Gasteiger partial charge on any atom is -0.445 e. The molecule has 16 nitrogen and oxygen atoms in total. The highest BCUT2D eigenvalue weighted by Gasteiger charge is 2.34. The van der Waals surface area contributed by atoms with Gasteiger partial charge in [-0.2, -0.15) is 0 Å². The standard InChI is InChI=1S/C42H61N3O13/c1-44(21-22-45(23-33(48)38(53)40(55)35(50)25-46)24-34(49)39(54)41(56)36(51)26-47)37(52)19-14-29-12-17-32(18-13-29)31-15-10-28(11-16-31)7-5-6-20-43-42(57)58-27-30-8-3-2-4-9-30/h2-4,8-13,15-18,33-36,38-41,46-51,53-56H,5-7,14,19-27H2,1H3,(H,43,57)/t33-,34-,35+,36+,38+,39+,40+,41+/m0/s1. The molecule has 0 aliphatic heterocycles. The van der Waals surface area contributed by atoms with Crippen LogP contribution in [0.2, 0.25) is 0 Å². The molecule has 0 radical (unpaired) electrons. The summed E-state index contributed by atoms with van der Waals surface area (Å²) in [5.41, 5.74) is 5.14. The van der Waals surface area contributed by atoms with Crippen LogP contribution in [0.4, 0.5) is 4.79 Å². The number of unbranched alkanes of at least 4 members (excludes halogenated alkanes) is 1. The highest BCUT2D eigenvalue weighted by atomic mass is 16.5. The molecule has 0 bridgehead atoms. The molecule has 0 aliphatic carbocycles. The third kappa shape index (κ3) is 16.3. The molecule has 0 saturated heterocycles. The quantitative estimate of drug-likeness (QED) is 0.0442. The molecule has 322 valence electrons. The van der Waals surface area contributed by atoms with Gasteiger partial charge in [-0.15, -0.1) is 0 Å². The van der Waals surface area contributed by atoms with Crippen molar-refractivity contribution in [2.45, 2.75) is 87.5 Å². The van der Waals surface area contributed by atoms with Crippen LogP contribution in [0.1, 0.15) is 36.0 Å². The van der Waals surface area contributed by atoms with Gasteiger partial charge in [0.25, 0.3) is 0 Å². The smallest absolute Gasteiger partial charge is 0.407 e. The lowest BCUT2D eigenvalue weighted by molar-refractivity contribution is -0.133. The summed E-state index contributed by atoms with van der Waals surface area (Å²) < 4.78 is 5.24. The lowest BCUT2D eigenvalue weighted by atomic mass is 9.99. The topological polar surface area (TPSA) is 264 Å². The van der Waals surface area contributed by atoms with Crippen LogP contribution < -0.4 is 5.32 Å². The predicted octanol–water partition coefficient (Wildman–Crippen LogP) is -0.832. The molecule has 0 saturated carbocycles. The second-order valence-corrected chi connectivity index (χ2v) is 14.5. The van der Waals surface area contributed by atoms with E-state index in [2.05, 4.69) is 29.6 Å². The van der Waals surface area contributed by atoms with Crippen molar-refractivity contribution < 1.29 is 65.4 Å². The Labute approximate surface area is 339 Å². The lowest BCUT2D eigenvalue weighted by Crippen LogP contribution is -2.54. The summed E-state index contributed by atoms with van der Waals surface area (Å²) in [6.07, 6.45) is -11.7. The minimum atomic E-state index is -1.91. The van der Waals surface area contributed by atoms with Crippen molar-refractivity contribution in [3.63, 3.8) is 0 Å². The number of nitrogens with zero attached hydrogens (tertiary/aromatic N) is 2. The Morgan fingerprint density at radius 1 is 0.603 bits per heavy atom. The zero-order valence-corrected chi connectivity index (χ0v) is 32.9. The Kier molecular flexibility index (Phi) is 21.2. The van der Waals surface area contributed by atoms with Crippen molar-refractivity contribution >= 4 is 12.0 Å². The van der Waals surface area contributed by atoms with E-state index in [4.69, 9.17) is 14.9 Å². The number of likely N-dealkylation sites (N-methyl/N-ethyl adjacent to an activating group) is 1. The normalized spacial score (nSPS) is 15.8. The fraction of sp³-hybridized carbons (Fsp3) is 0.524. The maximum Gasteiger partial charge on any atom is 0.407 e. The number of aryl methyl sites for hydroxylation is 2. The molecule has 0 unspecified atom stereocenters. The van der Waals surface area contributed by atoms with E-state index in [-0.39, 0.29) is 32.0 Å². The summed E-state index contributed by atoms with van der Waals surface area (Å²) in [5.74, 6) is -0.206. The molecule has 2 amide bonds. The van der Waals surface area contributed by atoms with Gasteiger partial charge in [-0.05, 0) is 53.5 Å². The van der Waals surface area contributed by atoms with Crippen LogP contribution in [0, 0.1) is 0 Å². The summed E-state index contributed by atoms with van der Waals surface area (Å²) in [5, 5.41) is 102. The molecule has 0 fully saturated rings. The van der Waals surface area contributed by atoms with Crippen LogP contribution in [0.5, 0.6) is 0 Å². The monoisotopic (exact) mass is 815 g/mol. The van der Waals surface area contributed by atoms with Crippen LogP contribution in [0.25, 0.3) is 11.1 Å². The number of ether oxygens (including phenoxy) is 1. The van der Waals surface area contributed by atoms with Gasteiger partial charge in [0.2, 0.25) is 5.91 Å². The minimum absolute atomic E-state index is 0.0101. The number of aliphatic hydroxyl groups excluding tert-OH is 10. The van der Waals surface area contributed by atoms with E-state index in [0.717, 1.165) is 41.5 Å². The molecule has 3 aromatic rings. The summed E-state index contributed by atoms with van der Waals surface area (Å²) in [6, 6.07) is 25.7. The number of amides is 2. The number of rotatable bonds is 26. The average Bonchev–Trinajstić information content (AvgIpc) is 3.25. The second kappa shape index (κ2) is 25.4. The third-order valence-electron chi connectivity index (χ3n) is 9.96. The summed E-state index contributed by atoms with van der Waals surface area (Å²) >= 11 is 0. The lowest BCUT2D eigenvalue weighted by Gasteiger charge is -2.34. The largest absolute Gasteiger partial charge is 0.445 e. The van der Waals surface area contributed by atoms with E-state index in [1.165, 1.54) is 15.4 Å². The van der Waals surface area contributed by atoms with Gasteiger partial charge in [0.15, 0.2) is 0 Å². The Balaban J connectivity index is 1.45. The summed E-state index contributed by atoms with van der Waals surface area (Å²) in [4.78, 5) is 27.8. The van der Waals surface area contributed by atoms with Crippen LogP contribution in [-0.2, 0) is 29.0 Å². The number of benzene rings is 3. The number of hydrogen-bond donors (Lipinski definition) is 11. The number of carbonyl (C=O) groups excluding carboxylic acids is 2. The molecule has 0 spiro atoms. The van der Waals surface area contributed by atoms with Crippen LogP contribution in [0.3, 0.4) is 0 Å². The van der Waals surface area contributed by atoms with Gasteiger partial charge in [-0.3, -0.25) is 9.69 Å². The van der Waals surface area contributed by atoms with Gasteiger partial charge in [-0.25, -0.2) is 4.79 Å². The van der Waals surface area contributed by atoms with Crippen molar-refractivity contribution in [1.29, 1.82) is 0 Å². The molecular weight excluding hydrogens is 754 g/mol. The molecule has 16 heteroatoms. The molecule has 8 atom stereocenters. The first-order valence-corrected chi connectivity index (χ1v) is 19.5. The number of alkyl carbamates (subject to hydrolysis) is 1. The van der Waals surface area contributed by atoms with E-state index in [9.17, 15) is 50.4 Å². The number of nitrogens with one attached hydrogen (secondary N) is 1. The molecule has 3 aromatic carbocycles. The van der Waals surface area contributed by atoms with Gasteiger partial charge in [0.1, 0.15) is 43.2 Å². The number of carbonyl (C=O) groups is 2. The molecular formula is C42H61N3O13. The van der Waals surface area contributed by atoms with Crippen molar-refractivity contribution in [2.75, 3.05) is 53.0 Å². The summed E-state index contributed by atoms with van der Waals surface area (Å²) in [6.45, 7) is -1.78. The fourth-order valence-corrected chi connectivity index (χ4v) is 6.13. The molecule has 11 N–H and O–H groups in total. The molecule has 0 aromatic heterocycles. The Bertz CT molecular complexity index is 1570.